The molecular weight excluding hydrogens is 405 g/mol. The zero-order valence-corrected chi connectivity index (χ0v) is 14.9. The van der Waals surface area contributed by atoms with Crippen molar-refractivity contribution in [1.29, 1.82) is 0 Å². The fourth-order valence-electron chi connectivity index (χ4n) is 2.82. The predicted molar refractivity (Wildman–Crippen MR) is 87.9 cm³/mol. The van der Waals surface area contributed by atoms with Crippen molar-refractivity contribution in [2.75, 3.05) is 0 Å². The van der Waals surface area contributed by atoms with E-state index in [1.165, 1.54) is 12.1 Å². The minimum Gasteiger partial charge on any atom is -0.478 e. The summed E-state index contributed by atoms with van der Waals surface area (Å²) in [7, 11) is -3.66. The second-order valence-corrected chi connectivity index (χ2v) is 8.28. The monoisotopic (exact) mass is 423 g/mol. The lowest BCUT2D eigenvalue weighted by Gasteiger charge is -2.27. The number of halogens is 1. The summed E-state index contributed by atoms with van der Waals surface area (Å²) in [6.07, 6.45) is 2.46. The highest BCUT2D eigenvalue weighted by Crippen LogP contribution is 2.33. The van der Waals surface area contributed by atoms with Gasteiger partial charge in [0, 0.05) is 15.7 Å². The number of carboxylic acid groups (broad SMARTS) is 1. The van der Waals surface area contributed by atoms with E-state index < -0.39 is 16.0 Å². The van der Waals surface area contributed by atoms with E-state index >= 15 is 0 Å². The maximum Gasteiger partial charge on any atom is 0.336 e. The van der Waals surface area contributed by atoms with Crippen LogP contribution in [0.1, 0.15) is 43.5 Å². The maximum atomic E-state index is 12.8. The van der Waals surface area contributed by atoms with E-state index in [9.17, 15) is 13.2 Å². The van der Waals surface area contributed by atoms with Gasteiger partial charge < -0.3 is 5.11 Å². The highest BCUT2D eigenvalue weighted by atomic mass is 127. The van der Waals surface area contributed by atoms with Crippen LogP contribution in [0, 0.1) is 3.57 Å². The summed E-state index contributed by atoms with van der Waals surface area (Å²) < 4.78 is 27.7. The number of nitrogens with zero attached hydrogens (tertiary/aromatic N) is 1. The molecule has 0 aromatic heterocycles. The van der Waals surface area contributed by atoms with Crippen LogP contribution in [0.2, 0.25) is 0 Å². The number of carboxylic acids is 1. The SMILES string of the molecule is CCC1CCC(C)N1S(=O)(=O)c1ccc(I)c(C(=O)O)c1. The zero-order chi connectivity index (χ0) is 15.8. The van der Waals surface area contributed by atoms with Crippen molar-refractivity contribution in [3.63, 3.8) is 0 Å². The summed E-state index contributed by atoms with van der Waals surface area (Å²) in [5.41, 5.74) is 0.0246. The molecule has 0 spiro atoms. The van der Waals surface area contributed by atoms with Crippen molar-refractivity contribution in [2.24, 2.45) is 0 Å². The number of carbonyl (C=O) groups is 1. The third kappa shape index (κ3) is 3.09. The molecule has 0 radical (unpaired) electrons. The number of hydrogen-bond acceptors (Lipinski definition) is 3. The Kier molecular flexibility index (Phi) is 4.94. The Morgan fingerprint density at radius 3 is 2.67 bits per heavy atom. The molecular formula is C14H18INO4S. The molecule has 0 bridgehead atoms. The maximum absolute atomic E-state index is 12.8. The standard InChI is InChI=1S/C14H18INO4S/c1-3-10-5-4-9(2)16(10)21(19,20)11-6-7-13(15)12(8-11)14(17)18/h6-10H,3-5H2,1-2H3,(H,17,18). The fourth-order valence-corrected chi connectivity index (χ4v) is 5.36. The number of aromatic carboxylic acids is 1. The van der Waals surface area contributed by atoms with Crippen molar-refractivity contribution in [2.45, 2.75) is 50.1 Å². The van der Waals surface area contributed by atoms with Gasteiger partial charge in [-0.15, -0.1) is 0 Å². The molecule has 5 nitrogen and oxygen atoms in total. The van der Waals surface area contributed by atoms with Crippen LogP contribution in [0.3, 0.4) is 0 Å². The molecule has 0 aliphatic carbocycles. The van der Waals surface area contributed by atoms with Crippen molar-refractivity contribution in [3.05, 3.63) is 27.3 Å². The van der Waals surface area contributed by atoms with Gasteiger partial charge >= 0.3 is 5.97 Å². The molecule has 21 heavy (non-hydrogen) atoms. The van der Waals surface area contributed by atoms with Crippen LogP contribution in [0.4, 0.5) is 0 Å². The van der Waals surface area contributed by atoms with Gasteiger partial charge in [-0.3, -0.25) is 0 Å². The average molecular weight is 423 g/mol. The van der Waals surface area contributed by atoms with Crippen molar-refractivity contribution < 1.29 is 18.3 Å². The van der Waals surface area contributed by atoms with Crippen molar-refractivity contribution in [1.82, 2.24) is 4.31 Å². The lowest BCUT2D eigenvalue weighted by molar-refractivity contribution is 0.0695. The fraction of sp³-hybridized carbons (Fsp3) is 0.500. The third-order valence-electron chi connectivity index (χ3n) is 3.93. The molecule has 1 N–H and O–H groups in total. The van der Waals surface area contributed by atoms with Gasteiger partial charge in [-0.2, -0.15) is 4.31 Å². The van der Waals surface area contributed by atoms with Crippen LogP contribution >= 0.6 is 22.6 Å². The second-order valence-electron chi connectivity index (χ2n) is 5.27. The lowest BCUT2D eigenvalue weighted by atomic mass is 10.2. The molecule has 2 rings (SSSR count). The van der Waals surface area contributed by atoms with E-state index in [1.54, 1.807) is 10.4 Å². The first kappa shape index (κ1) is 16.7. The molecule has 1 aliphatic heterocycles. The van der Waals surface area contributed by atoms with Gasteiger partial charge in [-0.05, 0) is 67.0 Å². The molecule has 0 amide bonds. The minimum absolute atomic E-state index is 0.00226. The molecule has 2 unspecified atom stereocenters. The molecule has 1 aromatic carbocycles. The predicted octanol–water partition coefficient (Wildman–Crippen LogP) is 2.94. The van der Waals surface area contributed by atoms with Crippen LogP contribution in [-0.2, 0) is 10.0 Å². The number of rotatable bonds is 4. The summed E-state index contributed by atoms with van der Waals surface area (Å²) in [5.74, 6) is -1.11. The molecule has 1 fully saturated rings. The van der Waals surface area contributed by atoms with E-state index in [-0.39, 0.29) is 22.5 Å². The first-order valence-electron chi connectivity index (χ1n) is 6.85. The molecule has 7 heteroatoms. The van der Waals surface area contributed by atoms with Gasteiger partial charge in [-0.25, -0.2) is 13.2 Å². The largest absolute Gasteiger partial charge is 0.478 e. The van der Waals surface area contributed by atoms with Gasteiger partial charge in [0.1, 0.15) is 0 Å². The smallest absolute Gasteiger partial charge is 0.336 e. The molecule has 1 aliphatic rings. The Labute approximate surface area is 138 Å². The zero-order valence-electron chi connectivity index (χ0n) is 11.9. The summed E-state index contributed by atoms with van der Waals surface area (Å²) >= 11 is 1.90. The van der Waals surface area contributed by atoms with Gasteiger partial charge in [-0.1, -0.05) is 6.92 Å². The van der Waals surface area contributed by atoms with Crippen LogP contribution in [0.15, 0.2) is 23.1 Å². The minimum atomic E-state index is -3.66. The quantitative estimate of drug-likeness (QED) is 0.756. The van der Waals surface area contributed by atoms with E-state index in [4.69, 9.17) is 5.11 Å². The van der Waals surface area contributed by atoms with Gasteiger partial charge in [0.05, 0.1) is 10.5 Å². The summed E-state index contributed by atoms with van der Waals surface area (Å²) in [6, 6.07) is 4.24. The number of benzene rings is 1. The first-order valence-corrected chi connectivity index (χ1v) is 9.37. The number of sulfonamides is 1. The van der Waals surface area contributed by atoms with E-state index in [0.29, 0.717) is 3.57 Å². The average Bonchev–Trinajstić information content (AvgIpc) is 2.80. The van der Waals surface area contributed by atoms with Gasteiger partial charge in [0.25, 0.3) is 0 Å². The highest BCUT2D eigenvalue weighted by Gasteiger charge is 2.39. The van der Waals surface area contributed by atoms with E-state index in [1.807, 2.05) is 36.4 Å². The van der Waals surface area contributed by atoms with Crippen LogP contribution in [0.25, 0.3) is 0 Å². The highest BCUT2D eigenvalue weighted by molar-refractivity contribution is 14.1. The van der Waals surface area contributed by atoms with Crippen molar-refractivity contribution >= 4 is 38.6 Å². The Hall–Kier alpha value is -0.670. The number of hydrogen-bond donors (Lipinski definition) is 1. The molecule has 1 aromatic rings. The summed E-state index contributed by atoms with van der Waals surface area (Å²) in [4.78, 5) is 11.3. The van der Waals surface area contributed by atoms with E-state index in [2.05, 4.69) is 0 Å². The molecule has 1 saturated heterocycles. The van der Waals surface area contributed by atoms with E-state index in [0.717, 1.165) is 19.3 Å². The van der Waals surface area contributed by atoms with Crippen molar-refractivity contribution in [3.8, 4) is 0 Å². The summed E-state index contributed by atoms with van der Waals surface area (Å²) in [6.45, 7) is 3.87. The second kappa shape index (κ2) is 6.21. The molecule has 116 valence electrons. The molecule has 0 saturated carbocycles. The lowest BCUT2D eigenvalue weighted by Crippen LogP contribution is -2.39. The Balaban J connectivity index is 2.49. The molecule has 2 atom stereocenters. The normalized spacial score (nSPS) is 23.4. The first-order chi connectivity index (χ1) is 9.78. The Bertz CT molecular complexity index is 659. The Morgan fingerprint density at radius 2 is 2.10 bits per heavy atom. The van der Waals surface area contributed by atoms with Gasteiger partial charge in [0.2, 0.25) is 10.0 Å². The van der Waals surface area contributed by atoms with Gasteiger partial charge in [0.15, 0.2) is 0 Å². The third-order valence-corrected chi connectivity index (χ3v) is 6.93. The van der Waals surface area contributed by atoms with Crippen LogP contribution in [-0.4, -0.2) is 35.9 Å². The topological polar surface area (TPSA) is 74.7 Å². The van der Waals surface area contributed by atoms with Crippen LogP contribution < -0.4 is 0 Å². The van der Waals surface area contributed by atoms with Crippen LogP contribution in [0.5, 0.6) is 0 Å². The summed E-state index contributed by atoms with van der Waals surface area (Å²) in [5, 5.41) is 9.16. The Morgan fingerprint density at radius 1 is 1.43 bits per heavy atom. The molecule has 1 heterocycles.